The summed E-state index contributed by atoms with van der Waals surface area (Å²) >= 11 is 0. The monoisotopic (exact) mass is 432 g/mol. The zero-order valence-electron chi connectivity index (χ0n) is 18.3. The lowest BCUT2D eigenvalue weighted by Crippen LogP contribution is -2.20. The molecular formula is C27H26F2N2O. The lowest BCUT2D eigenvalue weighted by Gasteiger charge is -2.18. The normalized spacial score (nSPS) is 14.1. The molecule has 0 saturated carbocycles. The van der Waals surface area contributed by atoms with E-state index in [2.05, 4.69) is 24.1 Å². The summed E-state index contributed by atoms with van der Waals surface area (Å²) in [6, 6.07) is 22.3. The molecule has 0 fully saturated rings. The van der Waals surface area contributed by atoms with Crippen LogP contribution in [0.5, 0.6) is 5.75 Å². The number of fused-ring (bicyclic) bond motifs is 1. The lowest BCUT2D eigenvalue weighted by atomic mass is 10.1. The van der Waals surface area contributed by atoms with Gasteiger partial charge >= 0.3 is 0 Å². The minimum atomic E-state index is -2.84. The summed E-state index contributed by atoms with van der Waals surface area (Å²) in [6.45, 7) is 2.80. The van der Waals surface area contributed by atoms with Crippen molar-refractivity contribution in [2.24, 2.45) is 4.99 Å². The molecule has 3 nitrogen and oxygen atoms in total. The number of likely N-dealkylation sites (N-methyl/N-ethyl adjacent to an activating group) is 1. The number of hydrogen-bond acceptors (Lipinski definition) is 3. The highest BCUT2D eigenvalue weighted by Crippen LogP contribution is 2.28. The Morgan fingerprint density at radius 2 is 1.69 bits per heavy atom. The van der Waals surface area contributed by atoms with E-state index in [1.165, 1.54) is 17.8 Å². The number of halogens is 2. The number of allylic oxidation sites excluding steroid dienone is 1. The van der Waals surface area contributed by atoms with Crippen molar-refractivity contribution in [3.05, 3.63) is 101 Å². The van der Waals surface area contributed by atoms with E-state index in [4.69, 9.17) is 9.73 Å². The highest BCUT2D eigenvalue weighted by molar-refractivity contribution is 6.14. The molecule has 4 rings (SSSR count). The van der Waals surface area contributed by atoms with E-state index in [0.717, 1.165) is 48.2 Å². The number of aliphatic imine (C=N–C) groups is 1. The molecule has 0 N–H and O–H groups in total. The van der Waals surface area contributed by atoms with Crippen LogP contribution >= 0.6 is 0 Å². The summed E-state index contributed by atoms with van der Waals surface area (Å²) in [5.74, 6) is -2.11. The van der Waals surface area contributed by atoms with Gasteiger partial charge in [0.2, 0.25) is 0 Å². The molecule has 32 heavy (non-hydrogen) atoms. The summed E-state index contributed by atoms with van der Waals surface area (Å²) < 4.78 is 32.8. The Balaban J connectivity index is 1.51. The van der Waals surface area contributed by atoms with E-state index in [-0.39, 0.29) is 5.56 Å². The number of benzene rings is 3. The molecule has 1 aliphatic heterocycles. The molecule has 0 amide bonds. The number of benzodiazepines with no additional fused rings is 1. The average molecular weight is 433 g/mol. The molecule has 3 aromatic carbocycles. The van der Waals surface area contributed by atoms with E-state index in [1.54, 1.807) is 12.1 Å². The molecule has 0 aromatic heterocycles. The molecule has 1 aliphatic rings. The smallest absolute Gasteiger partial charge is 0.270 e. The van der Waals surface area contributed by atoms with Gasteiger partial charge < -0.3 is 9.64 Å². The van der Waals surface area contributed by atoms with Crippen molar-refractivity contribution >= 4 is 17.5 Å². The van der Waals surface area contributed by atoms with Crippen LogP contribution in [-0.4, -0.2) is 25.8 Å². The van der Waals surface area contributed by atoms with Gasteiger partial charge in [0.05, 0.1) is 12.3 Å². The molecule has 0 unspecified atom stereocenters. The summed E-state index contributed by atoms with van der Waals surface area (Å²) in [5.41, 5.74) is 4.98. The second-order valence-electron chi connectivity index (χ2n) is 7.95. The van der Waals surface area contributed by atoms with E-state index in [0.29, 0.717) is 6.61 Å². The van der Waals surface area contributed by atoms with Gasteiger partial charge in [-0.2, -0.15) is 0 Å². The first kappa shape index (κ1) is 21.8. The molecular weight excluding hydrogens is 406 g/mol. The Morgan fingerprint density at radius 3 is 2.47 bits per heavy atom. The maximum atomic E-state index is 13.4. The molecule has 1 heterocycles. The first-order valence-electron chi connectivity index (χ1n) is 10.6. The number of alkyl halides is 2. The van der Waals surface area contributed by atoms with Crippen LogP contribution in [0.4, 0.5) is 14.5 Å². The molecule has 0 bridgehead atoms. The first-order valence-corrected chi connectivity index (χ1v) is 10.6. The molecule has 0 aliphatic carbocycles. The van der Waals surface area contributed by atoms with Crippen molar-refractivity contribution in [2.45, 2.75) is 19.5 Å². The number of nitrogens with zero attached hydrogens (tertiary/aromatic N) is 2. The van der Waals surface area contributed by atoms with Gasteiger partial charge in [0.25, 0.3) is 5.92 Å². The Labute approximate surface area is 187 Å². The molecule has 3 aromatic rings. The van der Waals surface area contributed by atoms with Crippen LogP contribution in [0.15, 0.2) is 83.9 Å². The fourth-order valence-electron chi connectivity index (χ4n) is 3.66. The van der Waals surface area contributed by atoms with Crippen molar-refractivity contribution in [1.29, 1.82) is 0 Å². The topological polar surface area (TPSA) is 24.8 Å². The highest BCUT2D eigenvalue weighted by Gasteiger charge is 2.23. The quantitative estimate of drug-likeness (QED) is 0.455. The van der Waals surface area contributed by atoms with Crippen LogP contribution in [0.3, 0.4) is 0 Å². The zero-order valence-corrected chi connectivity index (χ0v) is 18.3. The summed E-state index contributed by atoms with van der Waals surface area (Å²) in [5, 5.41) is 0. The Bertz CT molecular complexity index is 1130. The SMILES string of the molecule is CN1CCN=C(/C=C/c2ccccc2OCc2ccc(C(C)(F)F)cc2)c2ccccc21. The van der Waals surface area contributed by atoms with Gasteiger partial charge in [-0.3, -0.25) is 4.99 Å². The van der Waals surface area contributed by atoms with Gasteiger partial charge in [-0.1, -0.05) is 60.7 Å². The molecule has 0 saturated heterocycles. The van der Waals surface area contributed by atoms with Gasteiger partial charge in [-0.25, -0.2) is 8.78 Å². The summed E-state index contributed by atoms with van der Waals surface area (Å²) in [7, 11) is 2.08. The Morgan fingerprint density at radius 1 is 0.969 bits per heavy atom. The Kier molecular flexibility index (Phi) is 6.35. The largest absolute Gasteiger partial charge is 0.488 e. The first-order chi connectivity index (χ1) is 15.4. The molecule has 0 atom stereocenters. The number of anilines is 1. The Hall–Kier alpha value is -3.47. The minimum absolute atomic E-state index is 0.000292. The number of rotatable bonds is 6. The second kappa shape index (κ2) is 9.35. The van der Waals surface area contributed by atoms with Crippen molar-refractivity contribution in [1.82, 2.24) is 0 Å². The highest BCUT2D eigenvalue weighted by atomic mass is 19.3. The third kappa shape index (κ3) is 5.05. The van der Waals surface area contributed by atoms with Crippen LogP contribution < -0.4 is 9.64 Å². The number of para-hydroxylation sites is 2. The minimum Gasteiger partial charge on any atom is -0.488 e. The van der Waals surface area contributed by atoms with Crippen molar-refractivity contribution < 1.29 is 13.5 Å². The van der Waals surface area contributed by atoms with E-state index in [9.17, 15) is 8.78 Å². The third-order valence-electron chi connectivity index (χ3n) is 5.50. The van der Waals surface area contributed by atoms with Gasteiger partial charge in [0.15, 0.2) is 0 Å². The van der Waals surface area contributed by atoms with E-state index < -0.39 is 5.92 Å². The fraction of sp³-hybridized carbons (Fsp3) is 0.222. The van der Waals surface area contributed by atoms with E-state index >= 15 is 0 Å². The van der Waals surface area contributed by atoms with Gasteiger partial charge in [0.1, 0.15) is 12.4 Å². The van der Waals surface area contributed by atoms with Crippen LogP contribution in [0.25, 0.3) is 6.08 Å². The van der Waals surface area contributed by atoms with E-state index in [1.807, 2.05) is 48.6 Å². The van der Waals surface area contributed by atoms with Crippen LogP contribution in [0, 0.1) is 0 Å². The number of hydrogen-bond donors (Lipinski definition) is 0. The molecule has 0 radical (unpaired) electrons. The number of ether oxygens (including phenoxy) is 1. The second-order valence-corrected chi connectivity index (χ2v) is 7.95. The summed E-state index contributed by atoms with van der Waals surface area (Å²) in [4.78, 5) is 6.99. The van der Waals surface area contributed by atoms with Gasteiger partial charge in [-0.05, 0) is 29.8 Å². The van der Waals surface area contributed by atoms with Crippen molar-refractivity contribution in [3.63, 3.8) is 0 Å². The predicted octanol–water partition coefficient (Wildman–Crippen LogP) is 6.33. The van der Waals surface area contributed by atoms with Gasteiger partial charge in [-0.15, -0.1) is 0 Å². The van der Waals surface area contributed by atoms with Crippen molar-refractivity contribution in [3.8, 4) is 5.75 Å². The predicted molar refractivity (Wildman–Crippen MR) is 127 cm³/mol. The maximum Gasteiger partial charge on any atom is 0.270 e. The maximum absolute atomic E-state index is 13.4. The standard InChI is InChI=1S/C27H26F2N2O/c1-27(28,29)22-14-11-20(12-15-22)19-32-26-10-6-3-7-21(26)13-16-24-23-8-4-5-9-25(23)31(2)18-17-30-24/h3-16H,17-19H2,1-2H3/b16-13+. The summed E-state index contributed by atoms with van der Waals surface area (Å²) in [6.07, 6.45) is 4.04. The van der Waals surface area contributed by atoms with Crippen LogP contribution in [0.2, 0.25) is 0 Å². The fourth-order valence-corrected chi connectivity index (χ4v) is 3.66. The van der Waals surface area contributed by atoms with Crippen LogP contribution in [-0.2, 0) is 12.5 Å². The van der Waals surface area contributed by atoms with Gasteiger partial charge in [0, 0.05) is 42.9 Å². The third-order valence-corrected chi connectivity index (χ3v) is 5.50. The zero-order chi connectivity index (χ0) is 22.6. The van der Waals surface area contributed by atoms with Crippen molar-refractivity contribution in [2.75, 3.05) is 25.0 Å². The molecule has 0 spiro atoms. The molecule has 5 heteroatoms. The van der Waals surface area contributed by atoms with Crippen LogP contribution in [0.1, 0.15) is 29.2 Å². The lowest BCUT2D eigenvalue weighted by molar-refractivity contribution is 0.0174. The molecule has 164 valence electrons. The average Bonchev–Trinajstić information content (AvgIpc) is 2.95.